The molecule has 1 aliphatic rings. The Morgan fingerprint density at radius 3 is 2.73 bits per heavy atom. The molecule has 1 N–H and O–H groups in total. The molecule has 3 rings (SSSR count). The highest BCUT2D eigenvalue weighted by atomic mass is 19.1. The van der Waals surface area contributed by atoms with Gasteiger partial charge in [-0.1, -0.05) is 24.2 Å². The third-order valence-electron chi connectivity index (χ3n) is 4.70. The zero-order valence-electron chi connectivity index (χ0n) is 14.9. The fourth-order valence-corrected chi connectivity index (χ4v) is 3.39. The van der Waals surface area contributed by atoms with Gasteiger partial charge in [0.1, 0.15) is 17.6 Å². The number of hydrogen-bond donors (Lipinski definition) is 1. The van der Waals surface area contributed by atoms with Gasteiger partial charge in [0.15, 0.2) is 5.82 Å². The van der Waals surface area contributed by atoms with E-state index in [2.05, 4.69) is 10.5 Å². The van der Waals surface area contributed by atoms with Gasteiger partial charge in [-0.15, -0.1) is 0 Å². The third-order valence-corrected chi connectivity index (χ3v) is 4.70. The number of amides is 2. The first kappa shape index (κ1) is 18.1. The summed E-state index contributed by atoms with van der Waals surface area (Å²) in [5, 5.41) is 6.46. The number of nitrogens with one attached hydrogen (secondary N) is 1. The first-order valence-corrected chi connectivity index (χ1v) is 8.79. The van der Waals surface area contributed by atoms with Crippen LogP contribution in [0.15, 0.2) is 34.9 Å². The monoisotopic (exact) mass is 359 g/mol. The second kappa shape index (κ2) is 7.68. The number of rotatable bonds is 5. The molecular weight excluding hydrogens is 337 g/mol. The van der Waals surface area contributed by atoms with Crippen LogP contribution in [0.1, 0.15) is 43.4 Å². The van der Waals surface area contributed by atoms with Crippen LogP contribution in [0.25, 0.3) is 0 Å². The average Bonchev–Trinajstić information content (AvgIpc) is 3.26. The Kier molecular flexibility index (Phi) is 5.35. The maximum atomic E-state index is 13.2. The molecule has 2 heterocycles. The van der Waals surface area contributed by atoms with E-state index in [-0.39, 0.29) is 17.6 Å². The number of benzene rings is 1. The quantitative estimate of drug-likeness (QED) is 0.889. The van der Waals surface area contributed by atoms with Crippen molar-refractivity contribution in [1.29, 1.82) is 0 Å². The number of carbonyl (C=O) groups is 2. The van der Waals surface area contributed by atoms with Crippen LogP contribution in [0.3, 0.4) is 0 Å². The number of aromatic nitrogens is 1. The highest BCUT2D eigenvalue weighted by molar-refractivity contribution is 5.97. The fraction of sp³-hybridized carbons (Fsp3) is 0.421. The molecule has 1 unspecified atom stereocenters. The van der Waals surface area contributed by atoms with Crippen LogP contribution in [-0.4, -0.2) is 34.5 Å². The van der Waals surface area contributed by atoms with Crippen LogP contribution in [0.5, 0.6) is 0 Å². The molecule has 1 aromatic heterocycles. The summed E-state index contributed by atoms with van der Waals surface area (Å²) in [5.74, 6) is -0.152. The minimum Gasteiger partial charge on any atom is -0.360 e. The van der Waals surface area contributed by atoms with Gasteiger partial charge in [-0.3, -0.25) is 9.59 Å². The van der Waals surface area contributed by atoms with Gasteiger partial charge < -0.3 is 14.7 Å². The lowest BCUT2D eigenvalue weighted by molar-refractivity contribution is -0.138. The Morgan fingerprint density at radius 2 is 2.12 bits per heavy atom. The first-order valence-electron chi connectivity index (χ1n) is 8.79. The molecule has 7 heteroatoms. The number of carbonyl (C=O) groups excluding carboxylic acids is 2. The lowest BCUT2D eigenvalue weighted by atomic mass is 9.94. The summed E-state index contributed by atoms with van der Waals surface area (Å²) in [6, 6.07) is 7.06. The molecule has 0 bridgehead atoms. The van der Waals surface area contributed by atoms with E-state index in [0.717, 1.165) is 12.0 Å². The van der Waals surface area contributed by atoms with Gasteiger partial charge in [0.2, 0.25) is 11.8 Å². The molecule has 1 saturated heterocycles. The summed E-state index contributed by atoms with van der Waals surface area (Å²) in [5.41, 5.74) is 0.761. The van der Waals surface area contributed by atoms with E-state index < -0.39 is 12.0 Å². The fourth-order valence-electron chi connectivity index (χ4n) is 3.39. The zero-order chi connectivity index (χ0) is 18.7. The van der Waals surface area contributed by atoms with Gasteiger partial charge in [-0.05, 0) is 43.9 Å². The number of likely N-dealkylation sites (tertiary alicyclic amines) is 1. The second-order valence-corrected chi connectivity index (χ2v) is 6.51. The van der Waals surface area contributed by atoms with Gasteiger partial charge in [0, 0.05) is 12.6 Å². The Morgan fingerprint density at radius 1 is 1.38 bits per heavy atom. The van der Waals surface area contributed by atoms with Crippen LogP contribution >= 0.6 is 0 Å². The minimum absolute atomic E-state index is 0.104. The van der Waals surface area contributed by atoms with Crippen LogP contribution in [0.4, 0.5) is 10.2 Å². The zero-order valence-corrected chi connectivity index (χ0v) is 14.9. The number of nitrogens with zero attached hydrogens (tertiary/aromatic N) is 2. The van der Waals surface area contributed by atoms with Crippen molar-refractivity contribution in [2.75, 3.05) is 11.9 Å². The second-order valence-electron chi connectivity index (χ2n) is 6.51. The molecule has 0 saturated carbocycles. The van der Waals surface area contributed by atoms with Crippen molar-refractivity contribution in [2.24, 2.45) is 0 Å². The molecule has 0 spiro atoms. The Bertz CT molecular complexity index is 788. The molecule has 2 amide bonds. The largest absolute Gasteiger partial charge is 0.360 e. The molecule has 1 aromatic carbocycles. The molecule has 6 nitrogen and oxygen atoms in total. The van der Waals surface area contributed by atoms with Gasteiger partial charge >= 0.3 is 0 Å². The highest BCUT2D eigenvalue weighted by Crippen LogP contribution is 2.28. The van der Waals surface area contributed by atoms with E-state index in [9.17, 15) is 14.0 Å². The third kappa shape index (κ3) is 3.76. The van der Waals surface area contributed by atoms with Crippen molar-refractivity contribution in [3.8, 4) is 0 Å². The summed E-state index contributed by atoms with van der Waals surface area (Å²) >= 11 is 0. The standard InChI is InChI=1S/C19H22FN3O3/c1-3-15(13-6-8-14(20)9-7-13)19(25)23-10-4-5-16(23)18(24)21-17-11-12(2)26-22-17/h6-9,11,15-16H,3-5,10H2,1-2H3,(H,21,22,24)/t15?,16-/m0/s1. The number of anilines is 1. The van der Waals surface area contributed by atoms with Crippen molar-refractivity contribution in [1.82, 2.24) is 10.1 Å². The summed E-state index contributed by atoms with van der Waals surface area (Å²) in [6.45, 7) is 4.18. The van der Waals surface area contributed by atoms with Gasteiger partial charge in [-0.2, -0.15) is 0 Å². The van der Waals surface area contributed by atoms with E-state index in [0.29, 0.717) is 31.0 Å². The molecule has 26 heavy (non-hydrogen) atoms. The van der Waals surface area contributed by atoms with E-state index >= 15 is 0 Å². The normalized spacial score (nSPS) is 18.0. The van der Waals surface area contributed by atoms with E-state index in [1.807, 2.05) is 6.92 Å². The number of hydrogen-bond acceptors (Lipinski definition) is 4. The molecule has 0 aliphatic carbocycles. The number of halogens is 1. The molecule has 138 valence electrons. The predicted molar refractivity (Wildman–Crippen MR) is 94.0 cm³/mol. The summed E-state index contributed by atoms with van der Waals surface area (Å²) in [6.07, 6.45) is 1.95. The van der Waals surface area contributed by atoms with Crippen LogP contribution in [0.2, 0.25) is 0 Å². The summed E-state index contributed by atoms with van der Waals surface area (Å²) < 4.78 is 18.1. The van der Waals surface area contributed by atoms with E-state index in [1.54, 1.807) is 30.0 Å². The lowest BCUT2D eigenvalue weighted by Gasteiger charge is -2.27. The molecule has 2 aromatic rings. The van der Waals surface area contributed by atoms with Crippen molar-refractivity contribution in [2.45, 2.75) is 45.1 Å². The molecular formula is C19H22FN3O3. The van der Waals surface area contributed by atoms with Crippen molar-refractivity contribution in [3.63, 3.8) is 0 Å². The number of aryl methyl sites for hydroxylation is 1. The van der Waals surface area contributed by atoms with Gasteiger partial charge in [-0.25, -0.2) is 4.39 Å². The summed E-state index contributed by atoms with van der Waals surface area (Å²) in [7, 11) is 0. The first-order chi connectivity index (χ1) is 12.5. The lowest BCUT2D eigenvalue weighted by Crippen LogP contribution is -2.45. The Balaban J connectivity index is 1.74. The van der Waals surface area contributed by atoms with Crippen LogP contribution in [0, 0.1) is 12.7 Å². The maximum absolute atomic E-state index is 13.2. The topological polar surface area (TPSA) is 75.4 Å². The molecule has 1 aliphatic heterocycles. The molecule has 0 radical (unpaired) electrons. The molecule has 2 atom stereocenters. The smallest absolute Gasteiger partial charge is 0.248 e. The molecule has 1 fully saturated rings. The van der Waals surface area contributed by atoms with E-state index in [1.165, 1.54) is 12.1 Å². The SMILES string of the molecule is CCC(C(=O)N1CCC[C@H]1C(=O)Nc1cc(C)on1)c1ccc(F)cc1. The maximum Gasteiger partial charge on any atom is 0.248 e. The Hall–Kier alpha value is -2.70. The van der Waals surface area contributed by atoms with Gasteiger partial charge in [0.05, 0.1) is 5.92 Å². The van der Waals surface area contributed by atoms with Crippen molar-refractivity contribution < 1.29 is 18.5 Å². The van der Waals surface area contributed by atoms with Gasteiger partial charge in [0.25, 0.3) is 0 Å². The minimum atomic E-state index is -0.533. The highest BCUT2D eigenvalue weighted by Gasteiger charge is 2.37. The average molecular weight is 359 g/mol. The Labute approximate surface area is 151 Å². The van der Waals surface area contributed by atoms with E-state index in [4.69, 9.17) is 4.52 Å². The predicted octanol–water partition coefficient (Wildman–Crippen LogP) is 3.25. The van der Waals surface area contributed by atoms with Crippen LogP contribution in [-0.2, 0) is 9.59 Å². The summed E-state index contributed by atoms with van der Waals surface area (Å²) in [4.78, 5) is 27.3. The van der Waals surface area contributed by atoms with Crippen LogP contribution < -0.4 is 5.32 Å². The van der Waals surface area contributed by atoms with Crippen molar-refractivity contribution >= 4 is 17.6 Å². The van der Waals surface area contributed by atoms with Crippen molar-refractivity contribution in [3.05, 3.63) is 47.5 Å².